The molecule has 0 saturated carbocycles. The summed E-state index contributed by atoms with van der Waals surface area (Å²) in [4.78, 5) is 2.49. The third-order valence-electron chi connectivity index (χ3n) is 8.17. The first-order valence-electron chi connectivity index (χ1n) is 12.9. The van der Waals surface area contributed by atoms with E-state index in [1.807, 2.05) is 11.3 Å². The monoisotopic (exact) mass is 483 g/mol. The summed E-state index contributed by atoms with van der Waals surface area (Å²) in [6.45, 7) is 7.04. The second-order valence-corrected chi connectivity index (χ2v) is 12.4. The van der Waals surface area contributed by atoms with Gasteiger partial charge in [0.25, 0.3) is 6.71 Å². The first-order chi connectivity index (χ1) is 17.5. The molecule has 0 spiro atoms. The molecule has 8 rings (SSSR count). The molecule has 0 radical (unpaired) electrons. The Morgan fingerprint density at radius 1 is 0.889 bits per heavy atom. The highest BCUT2D eigenvalue weighted by Crippen LogP contribution is 2.48. The molecule has 2 nitrogen and oxygen atoms in total. The number of thiophene rings is 1. The zero-order valence-corrected chi connectivity index (χ0v) is 21.6. The number of rotatable bonds is 1. The maximum absolute atomic E-state index is 6.90. The molecule has 174 valence electrons. The summed E-state index contributed by atoms with van der Waals surface area (Å²) >= 11 is 1.90. The molecule has 1 aromatic heterocycles. The van der Waals surface area contributed by atoms with Crippen LogP contribution >= 0.6 is 11.3 Å². The summed E-state index contributed by atoms with van der Waals surface area (Å²) in [6.07, 6.45) is 2.25. The van der Waals surface area contributed by atoms with Gasteiger partial charge >= 0.3 is 0 Å². The molecule has 4 heteroatoms. The van der Waals surface area contributed by atoms with Crippen molar-refractivity contribution < 1.29 is 4.74 Å². The van der Waals surface area contributed by atoms with Crippen LogP contribution in [0.3, 0.4) is 0 Å². The van der Waals surface area contributed by atoms with Gasteiger partial charge in [-0.25, -0.2) is 0 Å². The Morgan fingerprint density at radius 2 is 1.69 bits per heavy atom. The number of benzene rings is 4. The van der Waals surface area contributed by atoms with Gasteiger partial charge in [-0.3, -0.25) is 0 Å². The predicted octanol–water partition coefficient (Wildman–Crippen LogP) is 6.70. The molecule has 0 atom stereocenters. The van der Waals surface area contributed by atoms with E-state index >= 15 is 0 Å². The molecule has 0 bridgehead atoms. The number of fused-ring (bicyclic) bond motifs is 8. The van der Waals surface area contributed by atoms with Gasteiger partial charge in [-0.15, -0.1) is 11.3 Å². The highest BCUT2D eigenvalue weighted by molar-refractivity contribution is 7.33. The van der Waals surface area contributed by atoms with Gasteiger partial charge in [0, 0.05) is 31.9 Å². The summed E-state index contributed by atoms with van der Waals surface area (Å²) < 4.78 is 9.54. The van der Waals surface area contributed by atoms with Crippen molar-refractivity contribution in [3.05, 3.63) is 95.6 Å². The molecule has 5 aromatic rings. The van der Waals surface area contributed by atoms with Crippen molar-refractivity contribution in [3.63, 3.8) is 0 Å². The van der Waals surface area contributed by atoms with Gasteiger partial charge in [0.1, 0.15) is 11.5 Å². The fourth-order valence-corrected chi connectivity index (χ4v) is 7.49. The van der Waals surface area contributed by atoms with Crippen molar-refractivity contribution in [3.8, 4) is 11.5 Å². The van der Waals surface area contributed by atoms with Crippen molar-refractivity contribution in [1.29, 1.82) is 0 Å². The fourth-order valence-electron chi connectivity index (χ4n) is 6.25. The van der Waals surface area contributed by atoms with Crippen LogP contribution in [0.2, 0.25) is 0 Å². The van der Waals surface area contributed by atoms with Crippen LogP contribution in [0.15, 0.2) is 78.9 Å². The van der Waals surface area contributed by atoms with Crippen LogP contribution in [0.4, 0.5) is 17.1 Å². The van der Waals surface area contributed by atoms with Crippen molar-refractivity contribution in [2.75, 3.05) is 4.90 Å². The lowest BCUT2D eigenvalue weighted by Crippen LogP contribution is -2.59. The minimum absolute atomic E-state index is 0.0965. The lowest BCUT2D eigenvalue weighted by Gasteiger charge is -2.42. The second-order valence-electron chi connectivity index (χ2n) is 11.3. The van der Waals surface area contributed by atoms with Gasteiger partial charge in [-0.05, 0) is 82.3 Å². The Bertz CT molecular complexity index is 1710. The third-order valence-corrected chi connectivity index (χ3v) is 9.38. The zero-order valence-electron chi connectivity index (χ0n) is 20.8. The lowest BCUT2D eigenvalue weighted by molar-refractivity contribution is 0.492. The molecule has 0 unspecified atom stereocenters. The number of hydrogen-bond donors (Lipinski definition) is 0. The number of para-hydroxylation sites is 2. The standard InChI is InChI=1S/C32H26BNOS/c1-32(2,3)20-14-16-27-23(18-20)30-31(36-27)33-24-11-7-8-12-25(24)34(21-9-5-4-6-10-21)29-22-15-13-19(22)17-26(35-30)28(29)33/h4-12,14,16-18H,13,15H2,1-3H3. The second kappa shape index (κ2) is 7.05. The van der Waals surface area contributed by atoms with Crippen LogP contribution in [-0.4, -0.2) is 6.71 Å². The minimum atomic E-state index is 0.0965. The summed E-state index contributed by atoms with van der Waals surface area (Å²) in [7, 11) is 0. The van der Waals surface area contributed by atoms with E-state index in [0.29, 0.717) is 0 Å². The Hall–Kier alpha value is -3.50. The molecule has 0 saturated heterocycles. The van der Waals surface area contributed by atoms with Crippen LogP contribution in [0, 0.1) is 0 Å². The Balaban J connectivity index is 1.45. The van der Waals surface area contributed by atoms with Crippen LogP contribution in [0.1, 0.15) is 37.5 Å². The fraction of sp³-hybridized carbons (Fsp3) is 0.188. The van der Waals surface area contributed by atoms with E-state index in [1.54, 1.807) is 0 Å². The maximum Gasteiger partial charge on any atom is 0.268 e. The number of hydrogen-bond acceptors (Lipinski definition) is 3. The molecule has 0 fully saturated rings. The Kier molecular flexibility index (Phi) is 4.05. The van der Waals surface area contributed by atoms with Gasteiger partial charge in [-0.1, -0.05) is 63.2 Å². The molecule has 2 aliphatic heterocycles. The van der Waals surface area contributed by atoms with Gasteiger partial charge in [-0.2, -0.15) is 0 Å². The maximum atomic E-state index is 6.90. The number of ether oxygens (including phenoxy) is 1. The van der Waals surface area contributed by atoms with Crippen molar-refractivity contribution in [2.24, 2.45) is 0 Å². The molecule has 1 aliphatic carbocycles. The predicted molar refractivity (Wildman–Crippen MR) is 154 cm³/mol. The highest BCUT2D eigenvalue weighted by Gasteiger charge is 2.45. The van der Waals surface area contributed by atoms with Gasteiger partial charge in [0.15, 0.2) is 0 Å². The van der Waals surface area contributed by atoms with E-state index in [4.69, 9.17) is 4.74 Å². The number of anilines is 3. The normalized spacial score (nSPS) is 15.0. The third kappa shape index (κ3) is 2.68. The summed E-state index contributed by atoms with van der Waals surface area (Å²) in [5.74, 6) is 2.10. The largest absolute Gasteiger partial charge is 0.457 e. The molecule has 4 aromatic carbocycles. The van der Waals surface area contributed by atoms with Crippen LogP contribution in [-0.2, 0) is 18.3 Å². The average Bonchev–Trinajstić information content (AvgIpc) is 3.23. The first kappa shape index (κ1) is 20.7. The Morgan fingerprint density at radius 3 is 2.47 bits per heavy atom. The van der Waals surface area contributed by atoms with Crippen LogP contribution in [0.5, 0.6) is 11.5 Å². The van der Waals surface area contributed by atoms with Crippen LogP contribution in [0.25, 0.3) is 10.1 Å². The van der Waals surface area contributed by atoms with Crippen molar-refractivity contribution in [2.45, 2.75) is 39.0 Å². The molecule has 0 N–H and O–H groups in total. The van der Waals surface area contributed by atoms with E-state index in [2.05, 4.69) is 105 Å². The lowest BCUT2D eigenvalue weighted by atomic mass is 9.36. The topological polar surface area (TPSA) is 12.5 Å². The van der Waals surface area contributed by atoms with E-state index < -0.39 is 0 Å². The van der Waals surface area contributed by atoms with Crippen LogP contribution < -0.4 is 25.3 Å². The van der Waals surface area contributed by atoms with Crippen molar-refractivity contribution in [1.82, 2.24) is 0 Å². The minimum Gasteiger partial charge on any atom is -0.457 e. The molecular formula is C32H26BNOS. The average molecular weight is 483 g/mol. The zero-order chi connectivity index (χ0) is 24.2. The summed E-state index contributed by atoms with van der Waals surface area (Å²) in [6, 6.07) is 29.1. The Labute approximate surface area is 216 Å². The van der Waals surface area contributed by atoms with Gasteiger partial charge in [0.2, 0.25) is 0 Å². The highest BCUT2D eigenvalue weighted by atomic mass is 32.1. The number of nitrogens with zero attached hydrogens (tertiary/aromatic N) is 1. The van der Waals surface area contributed by atoms with E-state index in [0.717, 1.165) is 24.3 Å². The summed E-state index contributed by atoms with van der Waals surface area (Å²) in [5.41, 5.74) is 10.9. The quantitative estimate of drug-likeness (QED) is 0.241. The SMILES string of the molecule is CC(C)(C)c1ccc2sc3c(c2c1)Oc1cc2c(c4c1B3c1ccccc1N4c1ccccc1)CC2. The molecular weight excluding hydrogens is 457 g/mol. The van der Waals surface area contributed by atoms with Gasteiger partial charge in [0.05, 0.1) is 0 Å². The molecule has 3 aliphatic rings. The molecule has 0 amide bonds. The van der Waals surface area contributed by atoms with E-state index in [-0.39, 0.29) is 12.1 Å². The van der Waals surface area contributed by atoms with Gasteiger partial charge < -0.3 is 9.64 Å². The number of aryl methyl sites for hydroxylation is 1. The smallest absolute Gasteiger partial charge is 0.268 e. The first-order valence-corrected chi connectivity index (χ1v) is 13.7. The van der Waals surface area contributed by atoms with Crippen molar-refractivity contribution >= 4 is 60.9 Å². The van der Waals surface area contributed by atoms with E-state index in [1.165, 1.54) is 59.5 Å². The molecule has 3 heterocycles. The summed E-state index contributed by atoms with van der Waals surface area (Å²) in [5, 5.41) is 1.25. The molecule has 36 heavy (non-hydrogen) atoms. The van der Waals surface area contributed by atoms with E-state index in [9.17, 15) is 0 Å².